The van der Waals surface area contributed by atoms with E-state index in [4.69, 9.17) is 0 Å². The van der Waals surface area contributed by atoms with Crippen LogP contribution in [0.5, 0.6) is 0 Å². The lowest BCUT2D eigenvalue weighted by atomic mass is 10.3. The predicted octanol–water partition coefficient (Wildman–Crippen LogP) is 1.53. The van der Waals surface area contributed by atoms with Crippen molar-refractivity contribution in [3.8, 4) is 0 Å². The Morgan fingerprint density at radius 1 is 1.55 bits per heavy atom. The molecule has 0 aliphatic heterocycles. The van der Waals surface area contributed by atoms with Gasteiger partial charge in [0.15, 0.2) is 0 Å². The Hall–Kier alpha value is -1.06. The summed E-state index contributed by atoms with van der Waals surface area (Å²) in [6, 6.07) is 1.07. The lowest BCUT2D eigenvalue weighted by molar-refractivity contribution is 0.0538. The van der Waals surface area contributed by atoms with E-state index >= 15 is 0 Å². The number of nitrogens with one attached hydrogen (secondary N) is 1. The van der Waals surface area contributed by atoms with Crippen LogP contribution in [0.1, 0.15) is 22.5 Å². The number of carbonyl (C=O) groups is 1. The first-order chi connectivity index (χ1) is 9.35. The van der Waals surface area contributed by atoms with Crippen LogP contribution < -0.4 is 4.72 Å². The van der Waals surface area contributed by atoms with E-state index in [1.54, 1.807) is 0 Å². The number of nitrogens with zero attached hydrogens (tertiary/aromatic N) is 1. The summed E-state index contributed by atoms with van der Waals surface area (Å²) in [6.45, 7) is -0.616. The van der Waals surface area contributed by atoms with Gasteiger partial charge in [0.1, 0.15) is 0 Å². The Morgan fingerprint density at radius 3 is 2.70 bits per heavy atom. The molecule has 0 saturated heterocycles. The molecule has 112 valence electrons. The van der Waals surface area contributed by atoms with E-state index in [-0.39, 0.29) is 15.8 Å². The Balaban J connectivity index is 2.20. The van der Waals surface area contributed by atoms with Crippen LogP contribution in [0.3, 0.4) is 0 Å². The number of hydrogen-bond acceptors (Lipinski definition) is 4. The van der Waals surface area contributed by atoms with E-state index in [2.05, 4.69) is 4.72 Å². The average Bonchev–Trinajstić information content (AvgIpc) is 3.10. The van der Waals surface area contributed by atoms with Crippen molar-refractivity contribution in [2.75, 3.05) is 13.6 Å². The minimum absolute atomic E-state index is 0.0267. The quantitative estimate of drug-likeness (QED) is 0.863. The van der Waals surface area contributed by atoms with Crippen molar-refractivity contribution < 1.29 is 22.0 Å². The number of rotatable bonds is 6. The molecule has 2 rings (SSSR count). The summed E-state index contributed by atoms with van der Waals surface area (Å²) in [6.07, 6.45) is -1.17. The number of alkyl halides is 2. The third kappa shape index (κ3) is 3.33. The summed E-state index contributed by atoms with van der Waals surface area (Å²) in [5, 5.41) is 1.33. The van der Waals surface area contributed by atoms with Crippen molar-refractivity contribution >= 4 is 27.3 Å². The molecule has 1 aromatic heterocycles. The first-order valence-corrected chi connectivity index (χ1v) is 8.32. The minimum atomic E-state index is -3.62. The second-order valence-electron chi connectivity index (χ2n) is 4.43. The van der Waals surface area contributed by atoms with Crippen molar-refractivity contribution in [1.82, 2.24) is 9.62 Å². The SMILES string of the molecule is CNS(=O)(=O)c1csc(C(=O)N(CC(F)F)C2CC2)c1. The number of thiophene rings is 1. The Kier molecular flexibility index (Phi) is 4.40. The van der Waals surface area contributed by atoms with Gasteiger partial charge in [0.05, 0.1) is 16.3 Å². The van der Waals surface area contributed by atoms with Crippen molar-refractivity contribution in [1.29, 1.82) is 0 Å². The maximum atomic E-state index is 12.5. The lowest BCUT2D eigenvalue weighted by Crippen LogP contribution is -2.36. The molecule has 0 radical (unpaired) electrons. The van der Waals surface area contributed by atoms with Gasteiger partial charge in [-0.05, 0) is 26.0 Å². The molecule has 0 atom stereocenters. The van der Waals surface area contributed by atoms with Crippen molar-refractivity contribution in [3.63, 3.8) is 0 Å². The molecule has 1 heterocycles. The molecular formula is C11H14F2N2O3S2. The normalized spacial score (nSPS) is 15.6. The fraction of sp³-hybridized carbons (Fsp3) is 0.545. The number of carbonyl (C=O) groups excluding carboxylic acids is 1. The third-order valence-electron chi connectivity index (χ3n) is 2.95. The van der Waals surface area contributed by atoms with Crippen LogP contribution in [0.25, 0.3) is 0 Å². The number of halogens is 2. The van der Waals surface area contributed by atoms with E-state index < -0.39 is 28.9 Å². The summed E-state index contributed by atoms with van der Waals surface area (Å²) < 4.78 is 50.3. The molecule has 1 aliphatic rings. The van der Waals surface area contributed by atoms with Crippen LogP contribution in [0.15, 0.2) is 16.3 Å². The van der Waals surface area contributed by atoms with Gasteiger partial charge in [-0.2, -0.15) is 0 Å². The summed E-state index contributed by atoms with van der Waals surface area (Å²) in [5.74, 6) is -0.532. The zero-order valence-electron chi connectivity index (χ0n) is 10.7. The van der Waals surface area contributed by atoms with E-state index in [0.29, 0.717) is 12.8 Å². The maximum Gasteiger partial charge on any atom is 0.264 e. The molecule has 20 heavy (non-hydrogen) atoms. The molecule has 5 nitrogen and oxygen atoms in total. The Bertz CT molecular complexity index is 597. The first kappa shape index (κ1) is 15.3. The van der Waals surface area contributed by atoms with Crippen LogP contribution in [0, 0.1) is 0 Å². The summed E-state index contributed by atoms with van der Waals surface area (Å²) in [5.41, 5.74) is 0. The van der Waals surface area contributed by atoms with Gasteiger partial charge in [-0.3, -0.25) is 4.79 Å². The summed E-state index contributed by atoms with van der Waals surface area (Å²) in [4.78, 5) is 13.4. The molecule has 1 aromatic rings. The van der Waals surface area contributed by atoms with Gasteiger partial charge < -0.3 is 4.90 Å². The van der Waals surface area contributed by atoms with Crippen LogP contribution in [-0.4, -0.2) is 45.3 Å². The molecule has 1 aliphatic carbocycles. The second kappa shape index (κ2) is 5.74. The number of sulfonamides is 1. The topological polar surface area (TPSA) is 66.5 Å². The monoisotopic (exact) mass is 324 g/mol. The van der Waals surface area contributed by atoms with Gasteiger partial charge >= 0.3 is 0 Å². The molecule has 1 amide bonds. The van der Waals surface area contributed by atoms with Crippen molar-refractivity contribution in [2.45, 2.75) is 30.2 Å². The summed E-state index contributed by atoms with van der Waals surface area (Å²) in [7, 11) is -2.36. The predicted molar refractivity (Wildman–Crippen MR) is 70.6 cm³/mol. The molecule has 0 spiro atoms. The Morgan fingerprint density at radius 2 is 2.20 bits per heavy atom. The van der Waals surface area contributed by atoms with Crippen LogP contribution in [0.4, 0.5) is 8.78 Å². The standard InChI is InChI=1S/C11H14F2N2O3S2/c1-14-20(17,18)8-4-9(19-6-8)11(16)15(5-10(12)13)7-2-3-7/h4,6-7,10,14H,2-3,5H2,1H3. The van der Waals surface area contributed by atoms with Crippen LogP contribution in [0.2, 0.25) is 0 Å². The molecule has 1 saturated carbocycles. The number of amides is 1. The second-order valence-corrected chi connectivity index (χ2v) is 7.23. The third-order valence-corrected chi connectivity index (χ3v) is 5.41. The van der Waals surface area contributed by atoms with Gasteiger partial charge in [-0.25, -0.2) is 21.9 Å². The maximum absolute atomic E-state index is 12.5. The Labute approximate surface area is 119 Å². The largest absolute Gasteiger partial charge is 0.329 e. The highest BCUT2D eigenvalue weighted by molar-refractivity contribution is 7.89. The zero-order valence-corrected chi connectivity index (χ0v) is 12.3. The van der Waals surface area contributed by atoms with Gasteiger partial charge in [0, 0.05) is 11.4 Å². The molecule has 1 fully saturated rings. The summed E-state index contributed by atoms with van der Waals surface area (Å²) >= 11 is 0.945. The van der Waals surface area contributed by atoms with E-state index in [9.17, 15) is 22.0 Å². The van der Waals surface area contributed by atoms with Crippen LogP contribution in [-0.2, 0) is 10.0 Å². The van der Waals surface area contributed by atoms with Gasteiger partial charge in [-0.15, -0.1) is 11.3 Å². The number of hydrogen-bond donors (Lipinski definition) is 1. The van der Waals surface area contributed by atoms with Gasteiger partial charge in [0.2, 0.25) is 10.0 Å². The van der Waals surface area contributed by atoms with E-state index in [1.807, 2.05) is 0 Å². The average molecular weight is 324 g/mol. The molecular weight excluding hydrogens is 310 g/mol. The fourth-order valence-electron chi connectivity index (χ4n) is 1.76. The minimum Gasteiger partial charge on any atom is -0.329 e. The highest BCUT2D eigenvalue weighted by Crippen LogP contribution is 2.30. The molecule has 0 unspecified atom stereocenters. The molecule has 9 heteroatoms. The van der Waals surface area contributed by atoms with Crippen molar-refractivity contribution in [2.24, 2.45) is 0 Å². The highest BCUT2D eigenvalue weighted by Gasteiger charge is 2.35. The lowest BCUT2D eigenvalue weighted by Gasteiger charge is -2.21. The van der Waals surface area contributed by atoms with Crippen molar-refractivity contribution in [3.05, 3.63) is 16.3 Å². The van der Waals surface area contributed by atoms with E-state index in [0.717, 1.165) is 16.2 Å². The van der Waals surface area contributed by atoms with Crippen LogP contribution >= 0.6 is 11.3 Å². The molecule has 0 aromatic carbocycles. The fourth-order valence-corrected chi connectivity index (χ4v) is 3.72. The molecule has 0 bridgehead atoms. The zero-order chi connectivity index (χ0) is 14.9. The van der Waals surface area contributed by atoms with Gasteiger partial charge in [-0.1, -0.05) is 0 Å². The highest BCUT2D eigenvalue weighted by atomic mass is 32.2. The van der Waals surface area contributed by atoms with Gasteiger partial charge in [0.25, 0.3) is 12.3 Å². The molecule has 1 N–H and O–H groups in total. The smallest absolute Gasteiger partial charge is 0.264 e. The van der Waals surface area contributed by atoms with E-state index in [1.165, 1.54) is 18.5 Å². The first-order valence-electron chi connectivity index (χ1n) is 5.96.